The largest absolute Gasteiger partial charge is 0.360 e. The number of benzene rings is 1. The molecule has 2 heterocycles. The molecular weight excluding hydrogens is 322 g/mol. The summed E-state index contributed by atoms with van der Waals surface area (Å²) in [5, 5.41) is 0. The van der Waals surface area contributed by atoms with Crippen LogP contribution in [0.15, 0.2) is 24.3 Å². The van der Waals surface area contributed by atoms with Crippen molar-refractivity contribution < 1.29 is 9.69 Å². The molecule has 1 aromatic heterocycles. The van der Waals surface area contributed by atoms with E-state index in [0.29, 0.717) is 6.54 Å². The Morgan fingerprint density at radius 2 is 1.81 bits per heavy atom. The van der Waals surface area contributed by atoms with Gasteiger partial charge in [-0.3, -0.25) is 4.79 Å². The zero-order chi connectivity index (χ0) is 18.8. The summed E-state index contributed by atoms with van der Waals surface area (Å²) in [5.41, 5.74) is 7.28. The number of anilines is 1. The van der Waals surface area contributed by atoms with Gasteiger partial charge in [0, 0.05) is 29.2 Å². The van der Waals surface area contributed by atoms with Crippen molar-refractivity contribution in [2.45, 2.75) is 41.2 Å². The van der Waals surface area contributed by atoms with Crippen LogP contribution < -0.4 is 9.80 Å². The van der Waals surface area contributed by atoms with Crippen molar-refractivity contribution in [3.63, 3.8) is 0 Å². The zero-order valence-corrected chi connectivity index (χ0v) is 16.9. The van der Waals surface area contributed by atoms with Crippen molar-refractivity contribution in [1.82, 2.24) is 4.57 Å². The maximum Gasteiger partial charge on any atom is 0.218 e. The molecule has 4 heteroatoms. The number of rotatable bonds is 5. The van der Waals surface area contributed by atoms with Crippen molar-refractivity contribution in [1.29, 1.82) is 0 Å². The molecule has 140 valence electrons. The van der Waals surface area contributed by atoms with Gasteiger partial charge in [0.25, 0.3) is 0 Å². The number of aryl methyl sites for hydroxylation is 2. The summed E-state index contributed by atoms with van der Waals surface area (Å²) in [6.07, 6.45) is 0. The summed E-state index contributed by atoms with van der Waals surface area (Å²) in [4.78, 5) is 16.7. The molecule has 0 bridgehead atoms. The van der Waals surface area contributed by atoms with Crippen LogP contribution in [0.4, 0.5) is 5.69 Å². The Bertz CT molecular complexity index is 798. The number of carbonyl (C=O) groups is 1. The summed E-state index contributed by atoms with van der Waals surface area (Å²) in [6, 6.07) is 8.60. The van der Waals surface area contributed by atoms with E-state index in [1.807, 2.05) is 0 Å². The fraction of sp³-hybridized carbons (Fsp3) is 0.500. The molecule has 0 unspecified atom stereocenters. The molecule has 1 saturated heterocycles. The van der Waals surface area contributed by atoms with E-state index < -0.39 is 0 Å². The minimum Gasteiger partial charge on any atom is -0.360 e. The monoisotopic (exact) mass is 354 g/mol. The number of quaternary nitrogens is 1. The number of ketones is 1. The van der Waals surface area contributed by atoms with Gasteiger partial charge in [-0.25, -0.2) is 0 Å². The molecule has 0 atom stereocenters. The van der Waals surface area contributed by atoms with Gasteiger partial charge in [-0.05, 0) is 57.9 Å². The molecule has 1 N–H and O–H groups in total. The topological polar surface area (TPSA) is 29.7 Å². The maximum atomic E-state index is 12.8. The Balaban J connectivity index is 1.62. The third-order valence-corrected chi connectivity index (χ3v) is 5.99. The molecule has 0 saturated carbocycles. The number of nitrogens with one attached hydrogen (secondary N) is 1. The van der Waals surface area contributed by atoms with E-state index in [1.54, 1.807) is 0 Å². The second-order valence-corrected chi connectivity index (χ2v) is 7.59. The number of hydrogen-bond acceptors (Lipinski definition) is 2. The van der Waals surface area contributed by atoms with Crippen molar-refractivity contribution >= 4 is 11.5 Å². The van der Waals surface area contributed by atoms with Crippen LogP contribution in [0.25, 0.3) is 0 Å². The Kier molecular flexibility index (Phi) is 5.52. The number of nitrogens with zero attached hydrogens (tertiary/aromatic N) is 2. The molecule has 1 aliphatic heterocycles. The van der Waals surface area contributed by atoms with Gasteiger partial charge in [0.05, 0.1) is 26.2 Å². The lowest BCUT2D eigenvalue weighted by molar-refractivity contribution is -0.892. The lowest BCUT2D eigenvalue weighted by Crippen LogP contribution is -3.15. The highest BCUT2D eigenvalue weighted by atomic mass is 16.1. The Morgan fingerprint density at radius 3 is 2.42 bits per heavy atom. The first kappa shape index (κ1) is 18.7. The van der Waals surface area contributed by atoms with Gasteiger partial charge in [0.15, 0.2) is 0 Å². The zero-order valence-electron chi connectivity index (χ0n) is 16.9. The van der Waals surface area contributed by atoms with E-state index in [-0.39, 0.29) is 5.78 Å². The molecule has 1 aromatic carbocycles. The van der Waals surface area contributed by atoms with Crippen LogP contribution in [0.2, 0.25) is 0 Å². The highest BCUT2D eigenvalue weighted by Crippen LogP contribution is 2.22. The summed E-state index contributed by atoms with van der Waals surface area (Å²) in [7, 11) is 0. The Labute approximate surface area is 157 Å². The second kappa shape index (κ2) is 7.67. The van der Waals surface area contributed by atoms with Gasteiger partial charge in [-0.2, -0.15) is 0 Å². The van der Waals surface area contributed by atoms with Gasteiger partial charge < -0.3 is 14.4 Å². The molecule has 0 radical (unpaired) electrons. The van der Waals surface area contributed by atoms with Crippen molar-refractivity contribution in [2.75, 3.05) is 37.6 Å². The quantitative estimate of drug-likeness (QED) is 0.835. The fourth-order valence-corrected chi connectivity index (χ4v) is 4.21. The minimum atomic E-state index is 0.285. The average molecular weight is 355 g/mol. The molecule has 1 fully saturated rings. The molecular formula is C22H32N3O+. The number of hydrogen-bond donors (Lipinski definition) is 1. The molecule has 26 heavy (non-hydrogen) atoms. The summed E-state index contributed by atoms with van der Waals surface area (Å²) >= 11 is 0. The van der Waals surface area contributed by atoms with Crippen LogP contribution in [0.1, 0.15) is 39.8 Å². The van der Waals surface area contributed by atoms with E-state index in [0.717, 1.165) is 44.0 Å². The van der Waals surface area contributed by atoms with E-state index in [9.17, 15) is 4.79 Å². The first-order valence-corrected chi connectivity index (χ1v) is 9.77. The van der Waals surface area contributed by atoms with Crippen molar-refractivity contribution in [3.8, 4) is 0 Å². The summed E-state index contributed by atoms with van der Waals surface area (Å²) in [6.45, 7) is 16.3. The van der Waals surface area contributed by atoms with Crippen LogP contribution in [0, 0.1) is 27.7 Å². The van der Waals surface area contributed by atoms with Gasteiger partial charge in [-0.15, -0.1) is 0 Å². The molecule has 3 rings (SSSR count). The third-order valence-electron chi connectivity index (χ3n) is 5.99. The summed E-state index contributed by atoms with van der Waals surface area (Å²) < 4.78 is 2.22. The lowest BCUT2D eigenvalue weighted by atomic mass is 10.1. The molecule has 0 aliphatic carbocycles. The fourth-order valence-electron chi connectivity index (χ4n) is 4.21. The highest BCUT2D eigenvalue weighted by Gasteiger charge is 2.25. The molecule has 0 spiro atoms. The highest BCUT2D eigenvalue weighted by molar-refractivity contribution is 5.98. The standard InChI is InChI=1S/C22H31N3O/c1-6-25-17(3)14-20(19(25)5)22(26)15-23-10-12-24(13-11-23)21-9-7-8-16(2)18(21)4/h7-9,14H,6,10-13,15H2,1-5H3/p+1. The normalized spacial score (nSPS) is 15.5. The minimum absolute atomic E-state index is 0.285. The number of aromatic nitrogens is 1. The average Bonchev–Trinajstić information content (AvgIpc) is 2.92. The van der Waals surface area contributed by atoms with Crippen LogP contribution >= 0.6 is 0 Å². The number of carbonyl (C=O) groups excluding carboxylic acids is 1. The molecule has 1 aliphatic rings. The molecule has 0 amide bonds. The van der Waals surface area contributed by atoms with Gasteiger partial charge in [0.2, 0.25) is 5.78 Å². The van der Waals surface area contributed by atoms with E-state index in [4.69, 9.17) is 0 Å². The first-order chi connectivity index (χ1) is 12.4. The first-order valence-electron chi connectivity index (χ1n) is 9.77. The molecule has 4 nitrogen and oxygen atoms in total. The van der Waals surface area contributed by atoms with Crippen molar-refractivity contribution in [3.05, 3.63) is 52.3 Å². The van der Waals surface area contributed by atoms with Crippen LogP contribution in [0.5, 0.6) is 0 Å². The second-order valence-electron chi connectivity index (χ2n) is 7.59. The number of piperazine rings is 1. The van der Waals surface area contributed by atoms with Crippen LogP contribution in [-0.2, 0) is 6.54 Å². The molecule has 2 aromatic rings. The third kappa shape index (κ3) is 3.56. The van der Waals surface area contributed by atoms with Gasteiger partial charge in [0.1, 0.15) is 6.54 Å². The maximum absolute atomic E-state index is 12.8. The van der Waals surface area contributed by atoms with E-state index in [2.05, 4.69) is 68.4 Å². The van der Waals surface area contributed by atoms with Gasteiger partial charge >= 0.3 is 0 Å². The van der Waals surface area contributed by atoms with Crippen LogP contribution in [-0.4, -0.2) is 43.1 Å². The van der Waals surface area contributed by atoms with E-state index >= 15 is 0 Å². The lowest BCUT2D eigenvalue weighted by Gasteiger charge is -2.34. The Morgan fingerprint density at radius 1 is 1.12 bits per heavy atom. The Hall–Kier alpha value is -2.07. The van der Waals surface area contributed by atoms with E-state index in [1.165, 1.54) is 27.4 Å². The summed E-state index contributed by atoms with van der Waals surface area (Å²) in [5.74, 6) is 0.285. The van der Waals surface area contributed by atoms with Gasteiger partial charge in [-0.1, -0.05) is 12.1 Å². The smallest absolute Gasteiger partial charge is 0.218 e. The SMILES string of the molecule is CCn1c(C)cc(C(=O)C[NH+]2CCN(c3cccc(C)c3C)CC2)c1C. The number of Topliss-reactive ketones (excluding diaryl/α,β-unsaturated/α-hetero) is 1. The van der Waals surface area contributed by atoms with Crippen molar-refractivity contribution in [2.24, 2.45) is 0 Å². The predicted molar refractivity (Wildman–Crippen MR) is 108 cm³/mol. The predicted octanol–water partition coefficient (Wildman–Crippen LogP) is 2.33. The van der Waals surface area contributed by atoms with Crippen LogP contribution in [0.3, 0.4) is 0 Å².